The van der Waals surface area contributed by atoms with Crippen LogP contribution in [0.3, 0.4) is 0 Å². The third-order valence-corrected chi connectivity index (χ3v) is 2.04. The minimum atomic E-state index is 0.472. The molecular weight excluding hydrogens is 158 g/mol. The molecule has 1 aromatic carbocycles. The minimum absolute atomic E-state index is 0.472. The second-order valence-electron chi connectivity index (χ2n) is 3.48. The third kappa shape index (κ3) is 3.10. The van der Waals surface area contributed by atoms with Crippen molar-refractivity contribution in [1.82, 2.24) is 0 Å². The molecule has 0 aliphatic rings. The Kier molecular flexibility index (Phi) is 3.81. The summed E-state index contributed by atoms with van der Waals surface area (Å²) in [5, 5.41) is 0. The van der Waals surface area contributed by atoms with E-state index < -0.39 is 0 Å². The van der Waals surface area contributed by atoms with Crippen LogP contribution in [0.25, 0.3) is 0 Å². The van der Waals surface area contributed by atoms with Gasteiger partial charge in [0.25, 0.3) is 0 Å². The molecule has 0 N–H and O–H groups in total. The van der Waals surface area contributed by atoms with Crippen LogP contribution in [0.2, 0.25) is 0 Å². The number of rotatable bonds is 4. The van der Waals surface area contributed by atoms with Gasteiger partial charge < -0.3 is 4.90 Å². The summed E-state index contributed by atoms with van der Waals surface area (Å²) in [5.41, 5.74) is 1.29. The van der Waals surface area contributed by atoms with Crippen LogP contribution in [-0.4, -0.2) is 13.1 Å². The Bertz CT molecular complexity index is 228. The van der Waals surface area contributed by atoms with Gasteiger partial charge in [0.1, 0.15) is 0 Å². The van der Waals surface area contributed by atoms with Crippen molar-refractivity contribution in [3.05, 3.63) is 37.3 Å². The van der Waals surface area contributed by atoms with Gasteiger partial charge in [0.2, 0.25) is 0 Å². The molecule has 0 fully saturated rings. The lowest BCUT2D eigenvalue weighted by Crippen LogP contribution is -2.27. The van der Waals surface area contributed by atoms with Crippen LogP contribution in [0, 0.1) is 12.8 Å². The quantitative estimate of drug-likeness (QED) is 0.681. The molecule has 0 aliphatic carbocycles. The van der Waals surface area contributed by atoms with Gasteiger partial charge in [0.05, 0.1) is 0 Å². The van der Waals surface area contributed by atoms with Gasteiger partial charge >= 0.3 is 0 Å². The summed E-state index contributed by atoms with van der Waals surface area (Å²) in [6, 6.07) is 10.5. The predicted molar refractivity (Wildman–Crippen MR) is 58.9 cm³/mol. The fourth-order valence-corrected chi connectivity index (χ4v) is 1.43. The first-order chi connectivity index (χ1) is 6.24. The van der Waals surface area contributed by atoms with E-state index in [9.17, 15) is 0 Å². The standard InChI is InChI=1S/C12H18N/c1-4-13(10-11(2)3)12-8-6-5-7-9-12/h5-9,11H,2,4,10H2,1,3H3. The highest BCUT2D eigenvalue weighted by atomic mass is 15.1. The molecule has 1 rings (SSSR count). The Balaban J connectivity index is 2.67. The highest BCUT2D eigenvalue weighted by Crippen LogP contribution is 2.13. The van der Waals surface area contributed by atoms with Crippen LogP contribution in [0.5, 0.6) is 0 Å². The highest BCUT2D eigenvalue weighted by molar-refractivity contribution is 5.45. The molecule has 71 valence electrons. The van der Waals surface area contributed by atoms with Crippen molar-refractivity contribution >= 4 is 5.69 Å². The van der Waals surface area contributed by atoms with Gasteiger partial charge in [-0.25, -0.2) is 0 Å². The average molecular weight is 176 g/mol. The molecule has 0 heterocycles. The molecule has 0 saturated heterocycles. The van der Waals surface area contributed by atoms with Gasteiger partial charge in [-0.1, -0.05) is 25.1 Å². The molecule has 0 amide bonds. The van der Waals surface area contributed by atoms with Crippen molar-refractivity contribution in [2.45, 2.75) is 13.8 Å². The molecule has 13 heavy (non-hydrogen) atoms. The van der Waals surface area contributed by atoms with Gasteiger partial charge in [-0.3, -0.25) is 0 Å². The van der Waals surface area contributed by atoms with E-state index in [1.165, 1.54) is 5.69 Å². The second kappa shape index (κ2) is 4.90. The maximum Gasteiger partial charge on any atom is 0.0366 e. The Labute approximate surface area is 81.4 Å². The Morgan fingerprint density at radius 3 is 2.38 bits per heavy atom. The molecule has 0 aliphatic heterocycles. The zero-order valence-corrected chi connectivity index (χ0v) is 8.53. The van der Waals surface area contributed by atoms with E-state index in [0.717, 1.165) is 13.1 Å². The second-order valence-corrected chi connectivity index (χ2v) is 3.48. The first kappa shape index (κ1) is 10.1. The largest absolute Gasteiger partial charge is 0.372 e. The number of anilines is 1. The lowest BCUT2D eigenvalue weighted by atomic mass is 10.2. The van der Waals surface area contributed by atoms with Crippen molar-refractivity contribution < 1.29 is 0 Å². The highest BCUT2D eigenvalue weighted by Gasteiger charge is 2.04. The molecule has 1 unspecified atom stereocenters. The van der Waals surface area contributed by atoms with E-state index in [2.05, 4.69) is 49.9 Å². The first-order valence-electron chi connectivity index (χ1n) is 4.87. The maximum atomic E-state index is 4.01. The number of nitrogens with zero attached hydrogens (tertiary/aromatic N) is 1. The van der Waals surface area contributed by atoms with Gasteiger partial charge in [-0.05, 0) is 31.9 Å². The summed E-state index contributed by atoms with van der Waals surface area (Å²) in [7, 11) is 0. The normalized spacial score (nSPS) is 10.5. The van der Waals surface area contributed by atoms with E-state index in [1.54, 1.807) is 0 Å². The Morgan fingerprint density at radius 1 is 1.31 bits per heavy atom. The number of benzene rings is 1. The maximum absolute atomic E-state index is 4.01. The van der Waals surface area contributed by atoms with Gasteiger partial charge in [-0.2, -0.15) is 0 Å². The van der Waals surface area contributed by atoms with Crippen LogP contribution in [0.4, 0.5) is 5.69 Å². The lowest BCUT2D eigenvalue weighted by molar-refractivity contribution is 0.672. The third-order valence-electron chi connectivity index (χ3n) is 2.04. The molecule has 1 aromatic rings. The van der Waals surface area contributed by atoms with Crippen LogP contribution >= 0.6 is 0 Å². The number of hydrogen-bond donors (Lipinski definition) is 0. The molecule has 0 aromatic heterocycles. The fourth-order valence-electron chi connectivity index (χ4n) is 1.43. The fraction of sp³-hybridized carbons (Fsp3) is 0.417. The minimum Gasteiger partial charge on any atom is -0.372 e. The monoisotopic (exact) mass is 176 g/mol. The van der Waals surface area contributed by atoms with Crippen molar-refractivity contribution in [3.8, 4) is 0 Å². The van der Waals surface area contributed by atoms with Crippen LogP contribution in [0.1, 0.15) is 13.8 Å². The summed E-state index contributed by atoms with van der Waals surface area (Å²) >= 11 is 0. The van der Waals surface area contributed by atoms with Crippen LogP contribution in [-0.2, 0) is 0 Å². The van der Waals surface area contributed by atoms with Crippen molar-refractivity contribution in [1.29, 1.82) is 0 Å². The van der Waals surface area contributed by atoms with E-state index in [-0.39, 0.29) is 0 Å². The zero-order chi connectivity index (χ0) is 9.68. The van der Waals surface area contributed by atoms with Crippen LogP contribution < -0.4 is 4.90 Å². The van der Waals surface area contributed by atoms with Gasteiger partial charge in [0.15, 0.2) is 0 Å². The van der Waals surface area contributed by atoms with Crippen LogP contribution in [0.15, 0.2) is 30.3 Å². The average Bonchev–Trinajstić information content (AvgIpc) is 2.15. The molecule has 1 radical (unpaired) electrons. The van der Waals surface area contributed by atoms with Gasteiger partial charge in [0, 0.05) is 18.8 Å². The summed E-state index contributed by atoms with van der Waals surface area (Å²) in [6.45, 7) is 10.4. The Hall–Kier alpha value is -0.980. The molecule has 0 bridgehead atoms. The Morgan fingerprint density at radius 2 is 1.92 bits per heavy atom. The van der Waals surface area contributed by atoms with Crippen molar-refractivity contribution in [2.24, 2.45) is 5.92 Å². The van der Waals surface area contributed by atoms with Crippen molar-refractivity contribution in [2.75, 3.05) is 18.0 Å². The van der Waals surface area contributed by atoms with Crippen molar-refractivity contribution in [3.63, 3.8) is 0 Å². The smallest absolute Gasteiger partial charge is 0.0366 e. The summed E-state index contributed by atoms with van der Waals surface area (Å²) in [4.78, 5) is 2.34. The molecule has 1 heteroatoms. The van der Waals surface area contributed by atoms with E-state index >= 15 is 0 Å². The lowest BCUT2D eigenvalue weighted by Gasteiger charge is -2.24. The van der Waals surface area contributed by atoms with E-state index in [1.807, 2.05) is 6.07 Å². The van der Waals surface area contributed by atoms with Gasteiger partial charge in [-0.15, -0.1) is 0 Å². The summed E-state index contributed by atoms with van der Waals surface area (Å²) < 4.78 is 0. The number of hydrogen-bond acceptors (Lipinski definition) is 1. The molecule has 1 atom stereocenters. The predicted octanol–water partition coefficient (Wildman–Crippen LogP) is 2.98. The topological polar surface area (TPSA) is 3.24 Å². The molecule has 0 spiro atoms. The summed E-state index contributed by atoms with van der Waals surface area (Å²) in [6.07, 6.45) is 0. The molecule has 1 nitrogen and oxygen atoms in total. The SMILES string of the molecule is [CH2]C(C)CN(CC)c1ccccc1. The van der Waals surface area contributed by atoms with E-state index in [4.69, 9.17) is 0 Å². The number of para-hydroxylation sites is 1. The zero-order valence-electron chi connectivity index (χ0n) is 8.53. The molecular formula is C12H18N. The van der Waals surface area contributed by atoms with E-state index in [0.29, 0.717) is 5.92 Å². The summed E-state index contributed by atoms with van der Waals surface area (Å²) in [5.74, 6) is 0.472. The first-order valence-corrected chi connectivity index (χ1v) is 4.87. The molecule has 0 saturated carbocycles.